The Kier molecular flexibility index (Phi) is 6.21. The van der Waals surface area contributed by atoms with E-state index in [2.05, 4.69) is 4.98 Å². The summed E-state index contributed by atoms with van der Waals surface area (Å²) in [5, 5.41) is 1.70. The number of aromatic nitrogens is 1. The van der Waals surface area contributed by atoms with Crippen LogP contribution in [0.15, 0.2) is 52.7 Å². The summed E-state index contributed by atoms with van der Waals surface area (Å²) in [6, 6.07) is 8.29. The van der Waals surface area contributed by atoms with Gasteiger partial charge in [0.05, 0.1) is 26.4 Å². The molecule has 11 heteroatoms. The van der Waals surface area contributed by atoms with Crippen molar-refractivity contribution in [1.29, 1.82) is 0 Å². The van der Waals surface area contributed by atoms with Gasteiger partial charge in [-0.15, -0.1) is 11.3 Å². The van der Waals surface area contributed by atoms with E-state index in [0.29, 0.717) is 35.5 Å². The molecule has 0 radical (unpaired) electrons. The number of rotatable bonds is 4. The highest BCUT2D eigenvalue weighted by Crippen LogP contribution is 2.34. The van der Waals surface area contributed by atoms with E-state index < -0.39 is 32.6 Å². The van der Waals surface area contributed by atoms with Crippen LogP contribution in [0.4, 0.5) is 22.7 Å². The van der Waals surface area contributed by atoms with Crippen LogP contribution in [-0.2, 0) is 16.0 Å². The van der Waals surface area contributed by atoms with Crippen molar-refractivity contribution in [3.05, 3.63) is 64.2 Å². The van der Waals surface area contributed by atoms with Gasteiger partial charge in [-0.2, -0.15) is 13.2 Å². The Hall–Kier alpha value is -2.17. The molecule has 3 aromatic rings. The lowest BCUT2D eigenvalue weighted by molar-refractivity contribution is -0.137. The summed E-state index contributed by atoms with van der Waals surface area (Å²) >= 11 is 7.07. The molecular weight excluding hydrogens is 488 g/mol. The van der Waals surface area contributed by atoms with Crippen molar-refractivity contribution >= 4 is 37.9 Å². The summed E-state index contributed by atoms with van der Waals surface area (Å²) in [5.41, 5.74) is 0.181. The van der Waals surface area contributed by atoms with E-state index in [4.69, 9.17) is 11.6 Å². The van der Waals surface area contributed by atoms with Crippen molar-refractivity contribution in [3.63, 3.8) is 0 Å². The van der Waals surface area contributed by atoms with E-state index in [9.17, 15) is 26.0 Å². The van der Waals surface area contributed by atoms with Gasteiger partial charge in [-0.1, -0.05) is 23.7 Å². The second kappa shape index (κ2) is 8.64. The zero-order chi connectivity index (χ0) is 23.1. The molecule has 2 aromatic carbocycles. The monoisotopic (exact) mass is 504 g/mol. The highest BCUT2D eigenvalue weighted by molar-refractivity contribution is 7.92. The fraction of sp³-hybridized carbons (Fsp3) is 0.286. The molecule has 1 aliphatic rings. The van der Waals surface area contributed by atoms with Gasteiger partial charge < -0.3 is 4.90 Å². The number of benzene rings is 2. The molecule has 1 fully saturated rings. The molecule has 1 aliphatic heterocycles. The first kappa shape index (κ1) is 23.0. The second-order valence-electron chi connectivity index (χ2n) is 7.40. The second-order valence-corrected chi connectivity index (χ2v) is 10.9. The van der Waals surface area contributed by atoms with E-state index in [-0.39, 0.29) is 22.8 Å². The number of hydrogen-bond acceptors (Lipinski definition) is 5. The van der Waals surface area contributed by atoms with E-state index in [1.165, 1.54) is 29.5 Å². The average molecular weight is 505 g/mol. The van der Waals surface area contributed by atoms with Gasteiger partial charge in [-0.3, -0.25) is 0 Å². The summed E-state index contributed by atoms with van der Waals surface area (Å²) in [5.74, 6) is -0.542. The third kappa shape index (κ3) is 4.62. The van der Waals surface area contributed by atoms with Crippen LogP contribution < -0.4 is 4.90 Å². The summed E-state index contributed by atoms with van der Waals surface area (Å²) in [7, 11) is -3.89. The van der Waals surface area contributed by atoms with Crippen molar-refractivity contribution in [2.24, 2.45) is 0 Å². The summed E-state index contributed by atoms with van der Waals surface area (Å²) in [6.07, 6.45) is -4.07. The predicted molar refractivity (Wildman–Crippen MR) is 116 cm³/mol. The molecule has 0 spiro atoms. The van der Waals surface area contributed by atoms with Crippen LogP contribution in [0.25, 0.3) is 11.3 Å². The number of anilines is 1. The van der Waals surface area contributed by atoms with Crippen molar-refractivity contribution in [3.8, 4) is 11.3 Å². The maximum Gasteiger partial charge on any atom is 0.416 e. The lowest BCUT2D eigenvalue weighted by atomic mass is 10.1. The molecule has 0 saturated carbocycles. The fourth-order valence-electron chi connectivity index (χ4n) is 3.60. The van der Waals surface area contributed by atoms with E-state index in [1.807, 2.05) is 4.90 Å². The number of sulfone groups is 1. The van der Waals surface area contributed by atoms with Crippen LogP contribution in [0.1, 0.15) is 18.4 Å². The lowest BCUT2D eigenvalue weighted by Gasteiger charge is -2.31. The summed E-state index contributed by atoms with van der Waals surface area (Å²) in [6.45, 7) is 0.787. The largest absolute Gasteiger partial charge is 0.416 e. The molecule has 0 atom stereocenters. The van der Waals surface area contributed by atoms with Gasteiger partial charge in [-0.05, 0) is 43.2 Å². The Balaban J connectivity index is 1.46. The molecule has 4 rings (SSSR count). The standard InChI is InChI=1S/C21H17ClF4N2O2S2/c22-17-5-4-13(10-18(17)23)19-12-31-20(27-19)28-8-6-15(7-9-28)32(29,30)16-3-1-2-14(11-16)21(24,25)26/h1-5,10-12,15H,6-9H2. The zero-order valence-electron chi connectivity index (χ0n) is 16.4. The van der Waals surface area contributed by atoms with Crippen LogP contribution in [-0.4, -0.2) is 31.7 Å². The van der Waals surface area contributed by atoms with Crippen molar-refractivity contribution in [2.45, 2.75) is 29.2 Å². The van der Waals surface area contributed by atoms with Crippen LogP contribution in [0, 0.1) is 5.82 Å². The Bertz CT molecular complexity index is 1240. The van der Waals surface area contributed by atoms with Gasteiger partial charge >= 0.3 is 6.18 Å². The lowest BCUT2D eigenvalue weighted by Crippen LogP contribution is -2.39. The SMILES string of the molecule is O=S(=O)(c1cccc(C(F)(F)F)c1)C1CCN(c2nc(-c3ccc(Cl)c(F)c3)cs2)CC1. The molecule has 170 valence electrons. The molecular formula is C21H17ClF4N2O2S2. The van der Waals surface area contributed by atoms with Gasteiger partial charge in [-0.25, -0.2) is 17.8 Å². The van der Waals surface area contributed by atoms with E-state index in [1.54, 1.807) is 11.4 Å². The number of piperidine rings is 1. The molecule has 1 aromatic heterocycles. The molecule has 4 nitrogen and oxygen atoms in total. The molecule has 0 unspecified atom stereocenters. The topological polar surface area (TPSA) is 50.3 Å². The first-order chi connectivity index (χ1) is 15.1. The number of halogens is 5. The predicted octanol–water partition coefficient (Wildman–Crippen LogP) is 6.06. The molecule has 1 saturated heterocycles. The van der Waals surface area contributed by atoms with E-state index >= 15 is 0 Å². The summed E-state index contributed by atoms with van der Waals surface area (Å²) in [4.78, 5) is 6.14. The third-order valence-electron chi connectivity index (χ3n) is 5.35. The number of nitrogens with zero attached hydrogens (tertiary/aromatic N) is 2. The van der Waals surface area contributed by atoms with Crippen molar-refractivity contribution in [1.82, 2.24) is 4.98 Å². The molecule has 2 heterocycles. The van der Waals surface area contributed by atoms with Gasteiger partial charge in [0.15, 0.2) is 15.0 Å². The average Bonchev–Trinajstić information content (AvgIpc) is 3.25. The van der Waals surface area contributed by atoms with E-state index in [0.717, 1.165) is 12.1 Å². The highest BCUT2D eigenvalue weighted by Gasteiger charge is 2.35. The number of hydrogen-bond donors (Lipinski definition) is 0. The van der Waals surface area contributed by atoms with Crippen LogP contribution in [0.3, 0.4) is 0 Å². The van der Waals surface area contributed by atoms with Crippen LogP contribution in [0.5, 0.6) is 0 Å². The maximum atomic E-state index is 13.7. The molecule has 0 amide bonds. The molecule has 0 aliphatic carbocycles. The Morgan fingerprint density at radius 1 is 1.09 bits per heavy atom. The number of alkyl halides is 3. The fourth-order valence-corrected chi connectivity index (χ4v) is 6.38. The van der Waals surface area contributed by atoms with Crippen LogP contribution in [0.2, 0.25) is 5.02 Å². The number of thiazole rings is 1. The van der Waals surface area contributed by atoms with Gasteiger partial charge in [0.1, 0.15) is 5.82 Å². The Morgan fingerprint density at radius 3 is 2.47 bits per heavy atom. The first-order valence-corrected chi connectivity index (χ1v) is 12.4. The molecule has 32 heavy (non-hydrogen) atoms. The van der Waals surface area contributed by atoms with Gasteiger partial charge in [0.2, 0.25) is 0 Å². The van der Waals surface area contributed by atoms with Crippen molar-refractivity contribution < 1.29 is 26.0 Å². The Morgan fingerprint density at radius 2 is 1.81 bits per heavy atom. The zero-order valence-corrected chi connectivity index (χ0v) is 18.8. The normalized spacial score (nSPS) is 15.8. The van der Waals surface area contributed by atoms with Crippen molar-refractivity contribution in [2.75, 3.05) is 18.0 Å². The smallest absolute Gasteiger partial charge is 0.348 e. The Labute approximate surface area is 191 Å². The van der Waals surface area contributed by atoms with Gasteiger partial charge in [0, 0.05) is 24.0 Å². The van der Waals surface area contributed by atoms with Gasteiger partial charge in [0.25, 0.3) is 0 Å². The highest BCUT2D eigenvalue weighted by atomic mass is 35.5. The molecule has 0 N–H and O–H groups in total. The quantitative estimate of drug-likeness (QED) is 0.405. The minimum atomic E-state index is -4.61. The summed E-state index contributed by atoms with van der Waals surface area (Å²) < 4.78 is 78.5. The molecule has 0 bridgehead atoms. The minimum Gasteiger partial charge on any atom is -0.348 e. The minimum absolute atomic E-state index is 0.0215. The first-order valence-electron chi connectivity index (χ1n) is 9.63. The maximum absolute atomic E-state index is 13.7. The third-order valence-corrected chi connectivity index (χ3v) is 8.82. The van der Waals surface area contributed by atoms with Crippen LogP contribution >= 0.6 is 22.9 Å².